The SMILES string of the molecule is CC(N)CCc1ncc(F)cc1C1CCCN1. The number of aryl methyl sites for hydroxylation is 1. The van der Waals surface area contributed by atoms with Gasteiger partial charge in [0.25, 0.3) is 0 Å². The van der Waals surface area contributed by atoms with E-state index in [1.165, 1.54) is 6.20 Å². The van der Waals surface area contributed by atoms with E-state index in [9.17, 15) is 4.39 Å². The van der Waals surface area contributed by atoms with E-state index in [0.29, 0.717) is 0 Å². The lowest BCUT2D eigenvalue weighted by atomic mass is 9.99. The van der Waals surface area contributed by atoms with Crippen LogP contribution in [0.3, 0.4) is 0 Å². The minimum atomic E-state index is -0.252. The maximum atomic E-state index is 13.3. The van der Waals surface area contributed by atoms with Gasteiger partial charge < -0.3 is 11.1 Å². The molecule has 0 amide bonds. The number of halogens is 1. The highest BCUT2D eigenvalue weighted by Gasteiger charge is 2.20. The zero-order valence-corrected chi connectivity index (χ0v) is 10.2. The van der Waals surface area contributed by atoms with Gasteiger partial charge in [-0.05, 0) is 50.8 Å². The van der Waals surface area contributed by atoms with Crippen LogP contribution in [0.1, 0.15) is 43.5 Å². The molecule has 4 heteroatoms. The summed E-state index contributed by atoms with van der Waals surface area (Å²) >= 11 is 0. The van der Waals surface area contributed by atoms with Crippen LogP contribution in [0.4, 0.5) is 4.39 Å². The van der Waals surface area contributed by atoms with Crippen molar-refractivity contribution in [1.29, 1.82) is 0 Å². The second-order valence-electron chi connectivity index (χ2n) is 4.85. The Hall–Kier alpha value is -1.00. The highest BCUT2D eigenvalue weighted by Crippen LogP contribution is 2.26. The van der Waals surface area contributed by atoms with Gasteiger partial charge in [-0.15, -0.1) is 0 Å². The predicted molar refractivity (Wildman–Crippen MR) is 66.1 cm³/mol. The van der Waals surface area contributed by atoms with Crippen LogP contribution in [-0.4, -0.2) is 17.6 Å². The third-order valence-electron chi connectivity index (χ3n) is 3.24. The highest BCUT2D eigenvalue weighted by molar-refractivity contribution is 5.25. The van der Waals surface area contributed by atoms with Gasteiger partial charge in [0.15, 0.2) is 0 Å². The maximum Gasteiger partial charge on any atom is 0.141 e. The third-order valence-corrected chi connectivity index (χ3v) is 3.24. The normalized spacial score (nSPS) is 21.7. The largest absolute Gasteiger partial charge is 0.328 e. The second-order valence-corrected chi connectivity index (χ2v) is 4.85. The summed E-state index contributed by atoms with van der Waals surface area (Å²) in [5.74, 6) is -0.252. The number of hydrogen-bond acceptors (Lipinski definition) is 3. The van der Waals surface area contributed by atoms with Gasteiger partial charge in [-0.3, -0.25) is 4.98 Å². The Morgan fingerprint density at radius 1 is 1.65 bits per heavy atom. The maximum absolute atomic E-state index is 13.3. The average molecular weight is 237 g/mol. The van der Waals surface area contributed by atoms with Crippen molar-refractivity contribution in [1.82, 2.24) is 10.3 Å². The van der Waals surface area contributed by atoms with Crippen molar-refractivity contribution >= 4 is 0 Å². The first kappa shape index (κ1) is 12.5. The van der Waals surface area contributed by atoms with Crippen molar-refractivity contribution in [2.45, 2.75) is 44.7 Å². The van der Waals surface area contributed by atoms with Gasteiger partial charge in [0, 0.05) is 17.8 Å². The van der Waals surface area contributed by atoms with E-state index in [1.54, 1.807) is 6.07 Å². The topological polar surface area (TPSA) is 50.9 Å². The molecule has 2 heterocycles. The van der Waals surface area contributed by atoms with E-state index in [-0.39, 0.29) is 17.9 Å². The monoisotopic (exact) mass is 237 g/mol. The molecule has 0 aliphatic carbocycles. The Balaban J connectivity index is 2.17. The van der Waals surface area contributed by atoms with E-state index in [2.05, 4.69) is 10.3 Å². The smallest absolute Gasteiger partial charge is 0.141 e. The van der Waals surface area contributed by atoms with Crippen molar-refractivity contribution < 1.29 is 4.39 Å². The van der Waals surface area contributed by atoms with Crippen LogP contribution in [0.2, 0.25) is 0 Å². The number of nitrogens with zero attached hydrogens (tertiary/aromatic N) is 1. The Kier molecular flexibility index (Phi) is 4.07. The van der Waals surface area contributed by atoms with Crippen LogP contribution in [-0.2, 0) is 6.42 Å². The molecule has 3 nitrogen and oxygen atoms in total. The van der Waals surface area contributed by atoms with E-state index in [4.69, 9.17) is 5.73 Å². The minimum Gasteiger partial charge on any atom is -0.328 e. The zero-order chi connectivity index (χ0) is 12.3. The Morgan fingerprint density at radius 3 is 3.12 bits per heavy atom. The van der Waals surface area contributed by atoms with Gasteiger partial charge in [0.2, 0.25) is 0 Å². The lowest BCUT2D eigenvalue weighted by molar-refractivity contribution is 0.581. The van der Waals surface area contributed by atoms with Gasteiger partial charge in [-0.2, -0.15) is 0 Å². The fraction of sp³-hybridized carbons (Fsp3) is 0.615. The molecule has 2 unspecified atom stereocenters. The molecular weight excluding hydrogens is 217 g/mol. The molecule has 0 bridgehead atoms. The first-order valence-corrected chi connectivity index (χ1v) is 6.30. The lowest BCUT2D eigenvalue weighted by Gasteiger charge is -2.15. The van der Waals surface area contributed by atoms with E-state index < -0.39 is 0 Å². The lowest BCUT2D eigenvalue weighted by Crippen LogP contribution is -2.19. The average Bonchev–Trinajstić information content (AvgIpc) is 2.80. The molecule has 2 rings (SSSR count). The van der Waals surface area contributed by atoms with Crippen LogP contribution in [0.15, 0.2) is 12.3 Å². The first-order chi connectivity index (χ1) is 8.16. The number of nitrogens with two attached hydrogens (primary N) is 1. The van der Waals surface area contributed by atoms with Crippen molar-refractivity contribution in [3.05, 3.63) is 29.3 Å². The molecule has 1 aliphatic rings. The molecule has 0 spiro atoms. The van der Waals surface area contributed by atoms with Crippen molar-refractivity contribution in [3.8, 4) is 0 Å². The molecule has 0 saturated carbocycles. The van der Waals surface area contributed by atoms with Gasteiger partial charge in [-0.25, -0.2) is 4.39 Å². The second kappa shape index (κ2) is 5.56. The fourth-order valence-electron chi connectivity index (χ4n) is 2.31. The molecule has 1 aromatic rings. The van der Waals surface area contributed by atoms with E-state index >= 15 is 0 Å². The van der Waals surface area contributed by atoms with Gasteiger partial charge in [0.05, 0.1) is 6.20 Å². The number of hydrogen-bond donors (Lipinski definition) is 2. The summed E-state index contributed by atoms with van der Waals surface area (Å²) in [7, 11) is 0. The summed E-state index contributed by atoms with van der Waals surface area (Å²) in [5.41, 5.74) is 7.76. The van der Waals surface area contributed by atoms with E-state index in [0.717, 1.165) is 43.5 Å². The molecule has 1 aliphatic heterocycles. The molecule has 1 saturated heterocycles. The summed E-state index contributed by atoms with van der Waals surface area (Å²) in [4.78, 5) is 4.22. The van der Waals surface area contributed by atoms with E-state index in [1.807, 2.05) is 6.92 Å². The van der Waals surface area contributed by atoms with Crippen LogP contribution in [0.25, 0.3) is 0 Å². The van der Waals surface area contributed by atoms with Gasteiger partial charge >= 0.3 is 0 Å². The van der Waals surface area contributed by atoms with Crippen molar-refractivity contribution in [2.24, 2.45) is 5.73 Å². The predicted octanol–water partition coefficient (Wildman–Crippen LogP) is 1.93. The quantitative estimate of drug-likeness (QED) is 0.841. The van der Waals surface area contributed by atoms with Crippen molar-refractivity contribution in [3.63, 3.8) is 0 Å². The van der Waals surface area contributed by atoms with Crippen LogP contribution in [0.5, 0.6) is 0 Å². The minimum absolute atomic E-state index is 0.159. The molecule has 17 heavy (non-hydrogen) atoms. The number of aromatic nitrogens is 1. The molecule has 2 atom stereocenters. The molecule has 0 aromatic carbocycles. The standard InChI is InChI=1S/C13H20FN3/c1-9(15)4-5-13-11(7-10(14)8-17-13)12-3-2-6-16-12/h7-9,12,16H,2-6,15H2,1H3. The molecule has 1 aromatic heterocycles. The Labute approximate surface area is 102 Å². The third kappa shape index (κ3) is 3.23. The summed E-state index contributed by atoms with van der Waals surface area (Å²) in [6.45, 7) is 2.99. The summed E-state index contributed by atoms with van der Waals surface area (Å²) in [6.07, 6.45) is 5.23. The zero-order valence-electron chi connectivity index (χ0n) is 10.2. The van der Waals surface area contributed by atoms with Crippen molar-refractivity contribution in [2.75, 3.05) is 6.54 Å². The Bertz CT molecular complexity index is 373. The molecule has 94 valence electrons. The number of pyridine rings is 1. The van der Waals surface area contributed by atoms with Crippen LogP contribution >= 0.6 is 0 Å². The molecular formula is C13H20FN3. The first-order valence-electron chi connectivity index (χ1n) is 6.30. The van der Waals surface area contributed by atoms with Crippen LogP contribution in [0, 0.1) is 5.82 Å². The molecule has 3 N–H and O–H groups in total. The Morgan fingerprint density at radius 2 is 2.47 bits per heavy atom. The molecule has 1 fully saturated rings. The summed E-state index contributed by atoms with van der Waals surface area (Å²) in [5, 5.41) is 3.39. The van der Waals surface area contributed by atoms with Crippen LogP contribution < -0.4 is 11.1 Å². The van der Waals surface area contributed by atoms with Gasteiger partial charge in [-0.1, -0.05) is 0 Å². The number of nitrogens with one attached hydrogen (secondary N) is 1. The summed E-state index contributed by atoms with van der Waals surface area (Å²) in [6, 6.07) is 2.04. The summed E-state index contributed by atoms with van der Waals surface area (Å²) < 4.78 is 13.3. The van der Waals surface area contributed by atoms with Gasteiger partial charge in [0.1, 0.15) is 5.82 Å². The molecule has 0 radical (unpaired) electrons. The number of rotatable bonds is 4. The highest BCUT2D eigenvalue weighted by atomic mass is 19.1. The fourth-order valence-corrected chi connectivity index (χ4v) is 2.31.